The van der Waals surface area contributed by atoms with E-state index in [1.54, 1.807) is 25.0 Å². The van der Waals surface area contributed by atoms with Crippen LogP contribution in [0.5, 0.6) is 0 Å². The molecule has 4 nitrogen and oxygen atoms in total. The van der Waals surface area contributed by atoms with E-state index in [0.717, 1.165) is 19.3 Å². The maximum atomic E-state index is 11.9. The molecular weight excluding hydrogens is 472 g/mol. The van der Waals surface area contributed by atoms with Crippen molar-refractivity contribution in [2.45, 2.75) is 139 Å². The smallest absolute Gasteiger partial charge is 0.302 e. The summed E-state index contributed by atoms with van der Waals surface area (Å²) in [4.78, 5) is 23.6. The van der Waals surface area contributed by atoms with E-state index in [2.05, 4.69) is 48.5 Å². The Bertz CT molecular complexity index is 1040. The second-order valence-corrected chi connectivity index (χ2v) is 16.2. The van der Waals surface area contributed by atoms with E-state index in [-0.39, 0.29) is 45.1 Å². The van der Waals surface area contributed by atoms with E-state index in [0.29, 0.717) is 23.9 Å². The number of carbonyl (C=O) groups is 2. The molecule has 38 heavy (non-hydrogen) atoms. The third-order valence-corrected chi connectivity index (χ3v) is 13.7. The maximum absolute atomic E-state index is 11.9. The van der Waals surface area contributed by atoms with E-state index in [4.69, 9.17) is 9.47 Å². The SMILES string of the molecule is CC(=O)OC[C@]1(C)CC[C@]2(C)CC[C@]3(C)C4=C(CC[C@@]3(C)[C@@H]2C1)[C@@]1(C)CC[C@H](OC(C)=O)C(C)(C)[C@@H]1CC4. The highest BCUT2D eigenvalue weighted by Crippen LogP contribution is 2.75. The van der Waals surface area contributed by atoms with Gasteiger partial charge in [0.25, 0.3) is 0 Å². The summed E-state index contributed by atoms with van der Waals surface area (Å²) in [5, 5.41) is 0. The molecule has 4 heteroatoms. The van der Waals surface area contributed by atoms with Crippen LogP contribution in [0.1, 0.15) is 133 Å². The van der Waals surface area contributed by atoms with Crippen LogP contribution < -0.4 is 0 Å². The Labute approximate surface area is 232 Å². The van der Waals surface area contributed by atoms with Crippen molar-refractivity contribution in [3.8, 4) is 0 Å². The molecule has 0 unspecified atom stereocenters. The second kappa shape index (κ2) is 8.84. The molecule has 0 aromatic heterocycles. The molecule has 214 valence electrons. The van der Waals surface area contributed by atoms with Crippen molar-refractivity contribution < 1.29 is 19.1 Å². The Balaban J connectivity index is 1.50. The van der Waals surface area contributed by atoms with E-state index in [1.807, 2.05) is 0 Å². The molecule has 5 rings (SSSR count). The summed E-state index contributed by atoms with van der Waals surface area (Å²) in [6.07, 6.45) is 13.2. The number of hydrogen-bond donors (Lipinski definition) is 0. The summed E-state index contributed by atoms with van der Waals surface area (Å²) < 4.78 is 11.5. The standard InChI is InChI=1S/C34H54O4/c1-22(35)37-21-30(5)16-17-31(6)18-19-33(8)25-10-11-26-29(3,4)28(38-23(2)36)13-14-32(26,7)24(25)12-15-34(33,9)27(31)20-30/h26-28H,10-21H2,1-9H3/t26-,27+,28-,30+,31+,32+,33+,34-/m0/s1. The van der Waals surface area contributed by atoms with Gasteiger partial charge in [0.15, 0.2) is 0 Å². The van der Waals surface area contributed by atoms with Crippen molar-refractivity contribution in [1.82, 2.24) is 0 Å². The van der Waals surface area contributed by atoms with E-state index < -0.39 is 0 Å². The van der Waals surface area contributed by atoms with Crippen molar-refractivity contribution in [2.75, 3.05) is 6.61 Å². The summed E-state index contributed by atoms with van der Waals surface area (Å²) in [7, 11) is 0. The minimum Gasteiger partial charge on any atom is -0.465 e. The van der Waals surface area contributed by atoms with Gasteiger partial charge in [-0.05, 0) is 104 Å². The summed E-state index contributed by atoms with van der Waals surface area (Å²) >= 11 is 0. The summed E-state index contributed by atoms with van der Waals surface area (Å²) in [6, 6.07) is 0. The molecule has 5 aliphatic carbocycles. The maximum Gasteiger partial charge on any atom is 0.302 e. The molecule has 3 saturated carbocycles. The van der Waals surface area contributed by atoms with Gasteiger partial charge in [-0.25, -0.2) is 0 Å². The van der Waals surface area contributed by atoms with Gasteiger partial charge in [0.2, 0.25) is 0 Å². The average Bonchev–Trinajstić information content (AvgIpc) is 2.82. The van der Waals surface area contributed by atoms with Crippen LogP contribution in [-0.2, 0) is 19.1 Å². The van der Waals surface area contributed by atoms with Gasteiger partial charge in [0.05, 0.1) is 6.61 Å². The quantitative estimate of drug-likeness (QED) is 0.273. The lowest BCUT2D eigenvalue weighted by molar-refractivity contribution is -0.175. The Hall–Kier alpha value is -1.32. The van der Waals surface area contributed by atoms with Gasteiger partial charge >= 0.3 is 11.9 Å². The van der Waals surface area contributed by atoms with Crippen molar-refractivity contribution in [1.29, 1.82) is 0 Å². The molecule has 0 saturated heterocycles. The number of allylic oxidation sites excluding steroid dienone is 2. The fourth-order valence-corrected chi connectivity index (χ4v) is 11.2. The zero-order chi connectivity index (χ0) is 27.9. The largest absolute Gasteiger partial charge is 0.465 e. The van der Waals surface area contributed by atoms with Crippen LogP contribution in [0.4, 0.5) is 0 Å². The normalized spacial score (nSPS) is 47.7. The van der Waals surface area contributed by atoms with Crippen LogP contribution in [0.25, 0.3) is 0 Å². The first kappa shape index (κ1) is 28.2. The molecular formula is C34H54O4. The highest BCUT2D eigenvalue weighted by Gasteiger charge is 2.66. The molecule has 0 radical (unpaired) electrons. The minimum absolute atomic E-state index is 0.00805. The monoisotopic (exact) mass is 526 g/mol. The van der Waals surface area contributed by atoms with Crippen LogP contribution in [-0.4, -0.2) is 24.6 Å². The molecule has 3 fully saturated rings. The zero-order valence-corrected chi connectivity index (χ0v) is 25.9. The highest BCUT2D eigenvalue weighted by molar-refractivity contribution is 5.66. The summed E-state index contributed by atoms with van der Waals surface area (Å²) in [6.45, 7) is 21.2. The lowest BCUT2D eigenvalue weighted by Gasteiger charge is -2.69. The number of hydrogen-bond acceptors (Lipinski definition) is 4. The molecule has 0 aromatic rings. The molecule has 0 spiro atoms. The molecule has 0 bridgehead atoms. The zero-order valence-electron chi connectivity index (χ0n) is 25.9. The van der Waals surface area contributed by atoms with Crippen LogP contribution in [0.3, 0.4) is 0 Å². The van der Waals surface area contributed by atoms with E-state index in [9.17, 15) is 9.59 Å². The van der Waals surface area contributed by atoms with Crippen molar-refractivity contribution in [2.24, 2.45) is 44.3 Å². The topological polar surface area (TPSA) is 52.6 Å². The fourth-order valence-electron chi connectivity index (χ4n) is 11.2. The fraction of sp³-hybridized carbons (Fsp3) is 0.882. The van der Waals surface area contributed by atoms with Gasteiger partial charge in [-0.1, -0.05) is 59.6 Å². The first-order valence-electron chi connectivity index (χ1n) is 15.5. The van der Waals surface area contributed by atoms with Crippen LogP contribution in [0, 0.1) is 44.3 Å². The Morgan fingerprint density at radius 3 is 2.11 bits per heavy atom. The number of esters is 2. The lowest BCUT2D eigenvalue weighted by Crippen LogP contribution is -2.61. The van der Waals surface area contributed by atoms with Gasteiger partial charge in [-0.3, -0.25) is 9.59 Å². The number of rotatable bonds is 3. The molecule has 0 N–H and O–H groups in total. The number of fused-ring (bicyclic) bond motifs is 6. The first-order valence-corrected chi connectivity index (χ1v) is 15.5. The van der Waals surface area contributed by atoms with Crippen molar-refractivity contribution in [3.05, 3.63) is 11.1 Å². The van der Waals surface area contributed by atoms with Gasteiger partial charge in [0, 0.05) is 24.7 Å². The second-order valence-electron chi connectivity index (χ2n) is 16.2. The van der Waals surface area contributed by atoms with Crippen molar-refractivity contribution >= 4 is 11.9 Å². The Morgan fingerprint density at radius 1 is 0.763 bits per heavy atom. The van der Waals surface area contributed by atoms with Crippen LogP contribution in [0.2, 0.25) is 0 Å². The third kappa shape index (κ3) is 3.96. The third-order valence-electron chi connectivity index (χ3n) is 13.7. The number of ether oxygens (including phenoxy) is 2. The molecule has 0 aromatic carbocycles. The first-order chi connectivity index (χ1) is 17.5. The van der Waals surface area contributed by atoms with Gasteiger partial charge in [-0.2, -0.15) is 0 Å². The van der Waals surface area contributed by atoms with Gasteiger partial charge in [-0.15, -0.1) is 0 Å². The molecule has 0 aliphatic heterocycles. The molecule has 8 atom stereocenters. The molecule has 0 heterocycles. The highest BCUT2D eigenvalue weighted by atomic mass is 16.5. The predicted molar refractivity (Wildman–Crippen MR) is 151 cm³/mol. The van der Waals surface area contributed by atoms with Gasteiger partial charge in [0.1, 0.15) is 6.10 Å². The Kier molecular flexibility index (Phi) is 6.56. The van der Waals surface area contributed by atoms with Crippen LogP contribution in [0.15, 0.2) is 11.1 Å². The van der Waals surface area contributed by atoms with Crippen LogP contribution >= 0.6 is 0 Å². The predicted octanol–water partition coefficient (Wildman–Crippen LogP) is 8.43. The van der Waals surface area contributed by atoms with Gasteiger partial charge < -0.3 is 9.47 Å². The summed E-state index contributed by atoms with van der Waals surface area (Å²) in [5.74, 6) is 0.916. The molecule has 5 aliphatic rings. The minimum atomic E-state index is -0.150. The Morgan fingerprint density at radius 2 is 1.45 bits per heavy atom. The molecule has 0 amide bonds. The lowest BCUT2D eigenvalue weighted by atomic mass is 9.35. The summed E-state index contributed by atoms with van der Waals surface area (Å²) in [5.41, 5.74) is 4.74. The van der Waals surface area contributed by atoms with E-state index >= 15 is 0 Å². The average molecular weight is 527 g/mol. The number of carbonyl (C=O) groups excluding carboxylic acids is 2. The van der Waals surface area contributed by atoms with E-state index in [1.165, 1.54) is 51.4 Å². The van der Waals surface area contributed by atoms with Crippen molar-refractivity contribution in [3.63, 3.8) is 0 Å².